The van der Waals surface area contributed by atoms with Crippen molar-refractivity contribution in [3.05, 3.63) is 131 Å². The van der Waals surface area contributed by atoms with Crippen molar-refractivity contribution in [3.63, 3.8) is 0 Å². The first-order valence-corrected chi connectivity index (χ1v) is 28.5. The molecule has 0 saturated carbocycles. The SMILES string of the molecule is CCC(CC)C(=O)/C=C(\O)C(CC)CC(F)F.Cc1[c-]c(-c2nccc3cc([Si](C)(C)C)ccc23)cc(C)c1.[2H]c1nc(-c2[c-]c(C)cc(C)c2)c2ccc([Si](C)(C)C)cc2c1[2H].[Ir]. The van der Waals surface area contributed by atoms with Gasteiger partial charge < -0.3 is 15.1 Å². The number of carbonyl (C=O) groups excluding carboxylic acids is 1. The van der Waals surface area contributed by atoms with E-state index in [0.29, 0.717) is 19.3 Å². The first kappa shape index (κ1) is 48.9. The molecule has 0 fully saturated rings. The summed E-state index contributed by atoms with van der Waals surface area (Å²) in [4.78, 5) is 20.7. The number of fused-ring (bicyclic) bond motifs is 2. The molecular formula is C53H66F2IrN2O2Si2-2. The number of aryl methyl sites for hydroxylation is 4. The van der Waals surface area contributed by atoms with Crippen LogP contribution in [0.2, 0.25) is 39.3 Å². The van der Waals surface area contributed by atoms with E-state index in [-0.39, 0.29) is 49.8 Å². The fourth-order valence-corrected chi connectivity index (χ4v) is 9.75. The summed E-state index contributed by atoms with van der Waals surface area (Å²) in [5.74, 6) is -1.11. The number of carbonyl (C=O) groups is 1. The number of hydrogen-bond donors (Lipinski definition) is 1. The maximum Gasteiger partial charge on any atom is 0.239 e. The minimum absolute atomic E-state index is 0. The second kappa shape index (κ2) is 23.0. The van der Waals surface area contributed by atoms with Gasteiger partial charge in [0.05, 0.1) is 24.6 Å². The molecule has 2 aromatic heterocycles. The molecule has 0 aliphatic rings. The average molecular weight is 1050 g/mol. The number of aliphatic hydroxyl groups is 1. The van der Waals surface area contributed by atoms with Gasteiger partial charge in [-0.25, -0.2) is 8.78 Å². The number of ketones is 1. The quantitative estimate of drug-likeness (QED) is 0.0574. The summed E-state index contributed by atoms with van der Waals surface area (Å²) in [6.45, 7) is 27.8. The zero-order valence-electron chi connectivity index (χ0n) is 40.9. The molecule has 1 unspecified atom stereocenters. The third-order valence-electron chi connectivity index (χ3n) is 11.0. The Bertz CT molecular complexity index is 2540. The minimum Gasteiger partial charge on any atom is -0.512 e. The Morgan fingerprint density at radius 3 is 1.63 bits per heavy atom. The zero-order valence-corrected chi connectivity index (χ0v) is 43.3. The number of aromatic nitrogens is 2. The third-order valence-corrected chi connectivity index (χ3v) is 15.1. The monoisotopic (exact) mass is 1050 g/mol. The van der Waals surface area contributed by atoms with Gasteiger partial charge in [-0.3, -0.25) is 4.79 Å². The van der Waals surface area contributed by atoms with Crippen molar-refractivity contribution in [2.75, 3.05) is 0 Å². The van der Waals surface area contributed by atoms with Crippen molar-refractivity contribution in [3.8, 4) is 22.5 Å². The molecule has 6 rings (SSSR count). The first-order chi connectivity index (χ1) is 29.5. The standard InChI is InChI=1S/2C20H22NSi.C13H22F2O2.Ir/c2*1-14-10-15(2)12-17(11-14)20-19-7-6-18(22(3,4)5)13-16(19)8-9-21-20;1-4-9(5-2)11(16)8-12(17)10(6-3)7-13(14)15;/h2*6-11,13H,1-5H3;8-10,13,17H,4-7H2,1-3H3;/q2*-1;;/b;;12-8-;/i8D,9D;;;. The molecule has 1 N–H and O–H groups in total. The fourth-order valence-electron chi connectivity index (χ4n) is 7.42. The molecule has 6 aromatic rings. The second-order valence-corrected chi connectivity index (χ2v) is 28.4. The number of benzene rings is 4. The second-order valence-electron chi connectivity index (χ2n) is 18.3. The van der Waals surface area contributed by atoms with Gasteiger partial charge in [-0.2, -0.15) is 0 Å². The van der Waals surface area contributed by atoms with E-state index in [1.165, 1.54) is 26.7 Å². The smallest absolute Gasteiger partial charge is 0.239 e. The summed E-state index contributed by atoms with van der Waals surface area (Å²) in [5.41, 5.74) is 8.38. The summed E-state index contributed by atoms with van der Waals surface area (Å²) >= 11 is 0. The fraction of sp³-hybridized carbons (Fsp3) is 0.377. The molecule has 9 heteroatoms. The maximum absolute atomic E-state index is 12.2. The summed E-state index contributed by atoms with van der Waals surface area (Å²) < 4.78 is 40.9. The number of allylic oxidation sites excluding steroid dienone is 2. The van der Waals surface area contributed by atoms with Gasteiger partial charge in [-0.05, 0) is 64.3 Å². The third kappa shape index (κ3) is 14.4. The molecule has 0 saturated heterocycles. The number of rotatable bonds is 12. The Morgan fingerprint density at radius 2 is 1.18 bits per heavy atom. The Hall–Kier alpha value is -4.15. The Kier molecular flexibility index (Phi) is 18.1. The van der Waals surface area contributed by atoms with Crippen LogP contribution in [-0.2, 0) is 24.9 Å². The predicted molar refractivity (Wildman–Crippen MR) is 261 cm³/mol. The number of alkyl halides is 2. The Balaban J connectivity index is 0.000000258. The van der Waals surface area contributed by atoms with Gasteiger partial charge >= 0.3 is 0 Å². The van der Waals surface area contributed by atoms with Crippen LogP contribution in [0.5, 0.6) is 0 Å². The molecule has 0 bridgehead atoms. The number of pyridine rings is 2. The molecule has 2 heterocycles. The molecule has 62 heavy (non-hydrogen) atoms. The van der Waals surface area contributed by atoms with Gasteiger partial charge in [0.2, 0.25) is 6.43 Å². The minimum atomic E-state index is -2.46. The van der Waals surface area contributed by atoms with Crippen LogP contribution in [0.4, 0.5) is 8.78 Å². The van der Waals surface area contributed by atoms with E-state index < -0.39 is 34.9 Å². The van der Waals surface area contributed by atoms with Gasteiger partial charge in [-0.15, -0.1) is 69.8 Å². The number of aliphatic hydroxyl groups excluding tert-OH is 1. The van der Waals surface area contributed by atoms with E-state index in [4.69, 9.17) is 2.74 Å². The molecular weight excluding hydrogens is 983 g/mol. The van der Waals surface area contributed by atoms with Crippen LogP contribution >= 0.6 is 0 Å². The van der Waals surface area contributed by atoms with Gasteiger partial charge in [0.1, 0.15) is 0 Å². The number of hydrogen-bond acceptors (Lipinski definition) is 4. The zero-order chi connectivity index (χ0) is 47.0. The van der Waals surface area contributed by atoms with Crippen LogP contribution in [0, 0.1) is 51.7 Å². The van der Waals surface area contributed by atoms with E-state index in [1.807, 2.05) is 33.0 Å². The van der Waals surface area contributed by atoms with Crippen molar-refractivity contribution in [2.24, 2.45) is 11.8 Å². The summed E-state index contributed by atoms with van der Waals surface area (Å²) in [6, 6.07) is 30.7. The molecule has 333 valence electrons. The average Bonchev–Trinajstić information content (AvgIpc) is 3.20. The molecule has 0 spiro atoms. The first-order valence-electron chi connectivity index (χ1n) is 22.5. The van der Waals surface area contributed by atoms with Gasteiger partial charge in [-0.1, -0.05) is 135 Å². The van der Waals surface area contributed by atoms with Crippen LogP contribution in [0.25, 0.3) is 44.1 Å². The summed E-state index contributed by atoms with van der Waals surface area (Å²) in [7, 11) is -2.77. The van der Waals surface area contributed by atoms with Crippen molar-refractivity contribution >= 4 is 53.8 Å². The van der Waals surface area contributed by atoms with Gasteiger partial charge in [0.15, 0.2) is 5.78 Å². The number of nitrogens with zero attached hydrogens (tertiary/aromatic N) is 2. The molecule has 1 atom stereocenters. The van der Waals surface area contributed by atoms with Gasteiger partial charge in [0, 0.05) is 56.8 Å². The van der Waals surface area contributed by atoms with E-state index in [0.717, 1.165) is 56.1 Å². The van der Waals surface area contributed by atoms with Crippen LogP contribution in [0.15, 0.2) is 97.0 Å². The number of halogens is 2. The van der Waals surface area contributed by atoms with E-state index in [9.17, 15) is 18.7 Å². The largest absolute Gasteiger partial charge is 0.512 e. The Morgan fingerprint density at radius 1 is 0.710 bits per heavy atom. The molecule has 0 aliphatic heterocycles. The van der Waals surface area contributed by atoms with Crippen LogP contribution < -0.4 is 10.4 Å². The van der Waals surface area contributed by atoms with Crippen LogP contribution in [0.1, 0.15) is 71.4 Å². The molecule has 0 aliphatic carbocycles. The summed E-state index contributed by atoms with van der Waals surface area (Å²) in [5, 5.41) is 16.7. The van der Waals surface area contributed by atoms with Crippen molar-refractivity contribution < 1.29 is 41.5 Å². The van der Waals surface area contributed by atoms with Gasteiger partial charge in [0.25, 0.3) is 0 Å². The molecule has 4 aromatic carbocycles. The summed E-state index contributed by atoms with van der Waals surface area (Å²) in [6.07, 6.45) is 2.02. The molecule has 4 nitrogen and oxygen atoms in total. The maximum atomic E-state index is 12.2. The molecule has 0 amide bonds. The van der Waals surface area contributed by atoms with Crippen LogP contribution in [0.3, 0.4) is 0 Å². The van der Waals surface area contributed by atoms with E-state index >= 15 is 0 Å². The Labute approximate surface area is 388 Å². The van der Waals surface area contributed by atoms with Crippen molar-refractivity contribution in [2.45, 2.75) is 120 Å². The van der Waals surface area contributed by atoms with Crippen molar-refractivity contribution in [1.82, 2.24) is 9.97 Å². The normalized spacial score (nSPS) is 12.8. The molecule has 1 radical (unpaired) electrons. The van der Waals surface area contributed by atoms with E-state index in [2.05, 4.69) is 143 Å². The van der Waals surface area contributed by atoms with Crippen molar-refractivity contribution in [1.29, 1.82) is 0 Å². The van der Waals surface area contributed by atoms with Crippen LogP contribution in [-0.4, -0.2) is 43.4 Å². The predicted octanol–water partition coefficient (Wildman–Crippen LogP) is 13.8. The van der Waals surface area contributed by atoms with E-state index in [1.54, 1.807) is 6.92 Å². The topological polar surface area (TPSA) is 63.1 Å².